The number of hydrogen-bond donors (Lipinski definition) is 0. The van der Waals surface area contributed by atoms with E-state index in [4.69, 9.17) is 15.4 Å². The molecule has 0 aromatic heterocycles. The Bertz CT molecular complexity index is 528. The minimum atomic E-state index is -4.44. The average Bonchev–Trinajstić information content (AvgIpc) is 2.23. The molecule has 0 N–H and O–H groups in total. The van der Waals surface area contributed by atoms with Gasteiger partial charge < -0.3 is 4.74 Å². The minimum Gasteiger partial charge on any atom is -0.493 e. The highest BCUT2D eigenvalue weighted by molar-refractivity contribution is 8.13. The van der Waals surface area contributed by atoms with Gasteiger partial charge in [0.2, 0.25) is 9.05 Å². The molecule has 0 spiro atoms. The van der Waals surface area contributed by atoms with Crippen LogP contribution in [0.1, 0.15) is 12.5 Å². The van der Waals surface area contributed by atoms with Crippen LogP contribution in [-0.2, 0) is 15.2 Å². The summed E-state index contributed by atoms with van der Waals surface area (Å²) in [6.45, 7) is 1.54. The molecule has 0 aliphatic carbocycles. The van der Waals surface area contributed by atoms with Crippen molar-refractivity contribution in [1.82, 2.24) is 0 Å². The molecule has 1 rings (SSSR count). The lowest BCUT2D eigenvalue weighted by atomic mass is 10.2. The third-order valence-electron chi connectivity index (χ3n) is 2.18. The predicted molar refractivity (Wildman–Crippen MR) is 65.7 cm³/mol. The topological polar surface area (TPSA) is 43.4 Å². The van der Waals surface area contributed by atoms with E-state index in [0.717, 1.165) is 12.1 Å². The number of halogens is 4. The number of hydrogen-bond acceptors (Lipinski definition) is 3. The van der Waals surface area contributed by atoms with Crippen LogP contribution >= 0.6 is 10.7 Å². The minimum absolute atomic E-state index is 0.0345. The van der Waals surface area contributed by atoms with E-state index in [-0.39, 0.29) is 18.1 Å². The van der Waals surface area contributed by atoms with Gasteiger partial charge in [0.25, 0.3) is 0 Å². The van der Waals surface area contributed by atoms with Gasteiger partial charge >= 0.3 is 6.18 Å². The Morgan fingerprint density at radius 1 is 1.37 bits per heavy atom. The van der Waals surface area contributed by atoms with Gasteiger partial charge in [0.1, 0.15) is 5.75 Å². The fourth-order valence-electron chi connectivity index (χ4n) is 1.39. The molecule has 1 aromatic rings. The highest BCUT2D eigenvalue weighted by atomic mass is 35.7. The Balaban J connectivity index is 2.64. The normalized spacial score (nSPS) is 14.2. The van der Waals surface area contributed by atoms with Crippen molar-refractivity contribution in [3.8, 4) is 5.75 Å². The van der Waals surface area contributed by atoms with Crippen LogP contribution in [0, 0.1) is 5.92 Å². The van der Waals surface area contributed by atoms with Crippen molar-refractivity contribution in [3.63, 3.8) is 0 Å². The van der Waals surface area contributed by atoms with Gasteiger partial charge in [0, 0.05) is 16.6 Å². The Hall–Kier alpha value is -0.950. The molecular weight excluding hydrogens is 305 g/mol. The smallest absolute Gasteiger partial charge is 0.416 e. The van der Waals surface area contributed by atoms with Crippen LogP contribution in [0.15, 0.2) is 24.3 Å². The van der Waals surface area contributed by atoms with Crippen LogP contribution < -0.4 is 4.74 Å². The first-order chi connectivity index (χ1) is 8.58. The van der Waals surface area contributed by atoms with Crippen molar-refractivity contribution in [2.24, 2.45) is 5.92 Å². The van der Waals surface area contributed by atoms with Crippen LogP contribution in [0.4, 0.5) is 13.2 Å². The number of benzene rings is 1. The lowest BCUT2D eigenvalue weighted by molar-refractivity contribution is -0.137. The number of rotatable bonds is 5. The molecule has 0 fully saturated rings. The predicted octanol–water partition coefficient (Wildman–Crippen LogP) is 3.29. The van der Waals surface area contributed by atoms with E-state index in [1.165, 1.54) is 12.1 Å². The Labute approximate surface area is 113 Å². The fraction of sp³-hybridized carbons (Fsp3) is 0.455. The molecule has 0 aliphatic rings. The summed E-state index contributed by atoms with van der Waals surface area (Å²) in [5.74, 6) is -0.682. The molecule has 0 radical (unpaired) electrons. The summed E-state index contributed by atoms with van der Waals surface area (Å²) in [4.78, 5) is 0. The van der Waals surface area contributed by atoms with E-state index >= 15 is 0 Å². The van der Waals surface area contributed by atoms with Crippen molar-refractivity contribution in [2.75, 3.05) is 12.4 Å². The molecule has 3 nitrogen and oxygen atoms in total. The van der Waals surface area contributed by atoms with Gasteiger partial charge in [-0.1, -0.05) is 13.0 Å². The Kier molecular flexibility index (Phi) is 5.09. The molecule has 0 saturated heterocycles. The molecule has 108 valence electrons. The van der Waals surface area contributed by atoms with Gasteiger partial charge in [-0.3, -0.25) is 0 Å². The molecule has 0 saturated carbocycles. The van der Waals surface area contributed by atoms with Gasteiger partial charge in [-0.25, -0.2) is 8.42 Å². The maximum atomic E-state index is 12.4. The molecule has 0 heterocycles. The standard InChI is InChI=1S/C11H12ClF3O3S/c1-8(7-19(12,16)17)6-18-10-4-2-3-9(5-10)11(13,14)15/h2-5,8H,6-7H2,1H3. The van der Waals surface area contributed by atoms with Crippen LogP contribution in [0.2, 0.25) is 0 Å². The maximum Gasteiger partial charge on any atom is 0.416 e. The second-order valence-corrected chi connectivity index (χ2v) is 6.97. The molecular formula is C11H12ClF3O3S. The van der Waals surface area contributed by atoms with E-state index in [2.05, 4.69) is 0 Å². The summed E-state index contributed by atoms with van der Waals surface area (Å²) in [7, 11) is 1.42. The average molecular weight is 317 g/mol. The van der Waals surface area contributed by atoms with Crippen molar-refractivity contribution < 1.29 is 26.3 Å². The molecule has 8 heteroatoms. The van der Waals surface area contributed by atoms with Gasteiger partial charge in [0.15, 0.2) is 0 Å². The van der Waals surface area contributed by atoms with Gasteiger partial charge in [-0.05, 0) is 18.2 Å². The summed E-state index contributed by atoms with van der Waals surface area (Å²) in [6.07, 6.45) is -4.44. The highest BCUT2D eigenvalue weighted by Crippen LogP contribution is 2.31. The summed E-state index contributed by atoms with van der Waals surface area (Å²) >= 11 is 0. The molecule has 1 unspecified atom stereocenters. The van der Waals surface area contributed by atoms with Crippen LogP contribution in [0.25, 0.3) is 0 Å². The summed E-state index contributed by atoms with van der Waals surface area (Å²) in [6, 6.07) is 4.39. The SMILES string of the molecule is CC(COc1cccc(C(F)(F)F)c1)CS(=O)(=O)Cl. The van der Waals surface area contributed by atoms with E-state index in [1.54, 1.807) is 6.92 Å². The molecule has 1 aromatic carbocycles. The number of alkyl halides is 3. The third kappa shape index (κ3) is 6.15. The molecule has 0 bridgehead atoms. The monoisotopic (exact) mass is 316 g/mol. The molecule has 1 atom stereocenters. The maximum absolute atomic E-state index is 12.4. The fourth-order valence-corrected chi connectivity index (χ4v) is 2.81. The van der Waals surface area contributed by atoms with Crippen LogP contribution in [0.3, 0.4) is 0 Å². The van der Waals surface area contributed by atoms with Gasteiger partial charge in [0.05, 0.1) is 17.9 Å². The van der Waals surface area contributed by atoms with E-state index < -0.39 is 26.7 Å². The van der Waals surface area contributed by atoms with E-state index in [0.29, 0.717) is 0 Å². The van der Waals surface area contributed by atoms with E-state index in [1.807, 2.05) is 0 Å². The van der Waals surface area contributed by atoms with Gasteiger partial charge in [-0.15, -0.1) is 0 Å². The second-order valence-electron chi connectivity index (χ2n) is 4.15. The summed E-state index contributed by atoms with van der Waals surface area (Å²) < 4.78 is 64.0. The zero-order valence-corrected chi connectivity index (χ0v) is 11.5. The third-order valence-corrected chi connectivity index (χ3v) is 3.52. The Morgan fingerprint density at radius 3 is 2.53 bits per heavy atom. The lowest BCUT2D eigenvalue weighted by Gasteiger charge is -2.13. The zero-order valence-electron chi connectivity index (χ0n) is 9.95. The van der Waals surface area contributed by atoms with Crippen molar-refractivity contribution >= 4 is 19.7 Å². The quantitative estimate of drug-likeness (QED) is 0.783. The summed E-state index contributed by atoms with van der Waals surface area (Å²) in [5, 5.41) is 0. The first kappa shape index (κ1) is 16.1. The first-order valence-corrected chi connectivity index (χ1v) is 7.78. The van der Waals surface area contributed by atoms with Crippen molar-refractivity contribution in [3.05, 3.63) is 29.8 Å². The Morgan fingerprint density at radius 2 is 2.00 bits per heavy atom. The summed E-state index contributed by atoms with van der Waals surface area (Å²) in [5.41, 5.74) is -0.817. The lowest BCUT2D eigenvalue weighted by Crippen LogP contribution is -2.16. The second kappa shape index (κ2) is 6.00. The highest BCUT2D eigenvalue weighted by Gasteiger charge is 2.30. The van der Waals surface area contributed by atoms with E-state index in [9.17, 15) is 21.6 Å². The molecule has 0 amide bonds. The number of ether oxygens (including phenoxy) is 1. The largest absolute Gasteiger partial charge is 0.493 e. The van der Waals surface area contributed by atoms with Crippen LogP contribution in [0.5, 0.6) is 5.75 Å². The van der Waals surface area contributed by atoms with Crippen LogP contribution in [-0.4, -0.2) is 20.8 Å². The zero-order chi connectivity index (χ0) is 14.7. The first-order valence-electron chi connectivity index (χ1n) is 5.30. The van der Waals surface area contributed by atoms with Crippen molar-refractivity contribution in [1.29, 1.82) is 0 Å². The van der Waals surface area contributed by atoms with Crippen molar-refractivity contribution in [2.45, 2.75) is 13.1 Å². The van der Waals surface area contributed by atoms with Gasteiger partial charge in [-0.2, -0.15) is 13.2 Å². The molecule has 0 aliphatic heterocycles. The molecule has 19 heavy (non-hydrogen) atoms.